The van der Waals surface area contributed by atoms with Crippen molar-refractivity contribution in [2.45, 2.75) is 32.2 Å². The van der Waals surface area contributed by atoms with Gasteiger partial charge in [-0.2, -0.15) is 0 Å². The minimum atomic E-state index is 0.171. The zero-order valence-electron chi connectivity index (χ0n) is 11.2. The van der Waals surface area contributed by atoms with Gasteiger partial charge in [-0.25, -0.2) is 4.98 Å². The maximum absolute atomic E-state index is 12.7. The molecule has 4 nitrogen and oxygen atoms in total. The Morgan fingerprint density at radius 1 is 1.45 bits per heavy atom. The highest BCUT2D eigenvalue weighted by Crippen LogP contribution is 2.30. The fourth-order valence-corrected chi connectivity index (χ4v) is 4.65. The number of thiazole rings is 1. The molecule has 4 rings (SSSR count). The van der Waals surface area contributed by atoms with Crippen LogP contribution in [0.5, 0.6) is 0 Å². The molecule has 0 N–H and O–H groups in total. The molecule has 6 heteroatoms. The largest absolute Gasteiger partial charge is 0.335 e. The summed E-state index contributed by atoms with van der Waals surface area (Å²) >= 11 is 3.14. The number of likely N-dealkylation sites (tertiary alicyclic amines) is 1. The first-order valence-electron chi connectivity index (χ1n) is 6.90. The number of rotatable bonds is 1. The van der Waals surface area contributed by atoms with Crippen molar-refractivity contribution in [2.24, 2.45) is 0 Å². The molecule has 0 radical (unpaired) electrons. The van der Waals surface area contributed by atoms with E-state index < -0.39 is 0 Å². The van der Waals surface area contributed by atoms with Crippen LogP contribution in [0.25, 0.3) is 15.3 Å². The lowest BCUT2D eigenvalue weighted by atomic mass is 10.0. The van der Waals surface area contributed by atoms with Gasteiger partial charge in [-0.3, -0.25) is 9.20 Å². The lowest BCUT2D eigenvalue weighted by Gasteiger charge is -2.33. The van der Waals surface area contributed by atoms with Gasteiger partial charge in [-0.05, 0) is 32.3 Å². The highest BCUT2D eigenvalue weighted by atomic mass is 32.1. The van der Waals surface area contributed by atoms with E-state index in [4.69, 9.17) is 0 Å². The SMILES string of the molecule is CC1CCCCN1C(=O)c1cc2c(nc3sccn32)s1. The lowest BCUT2D eigenvalue weighted by Crippen LogP contribution is -2.41. The van der Waals surface area contributed by atoms with Crippen LogP contribution in [0.3, 0.4) is 0 Å². The third-order valence-corrected chi connectivity index (χ3v) is 5.78. The van der Waals surface area contributed by atoms with Gasteiger partial charge < -0.3 is 4.90 Å². The van der Waals surface area contributed by atoms with Crippen molar-refractivity contribution < 1.29 is 4.79 Å². The van der Waals surface area contributed by atoms with E-state index in [1.165, 1.54) is 17.8 Å². The van der Waals surface area contributed by atoms with Gasteiger partial charge in [0, 0.05) is 24.2 Å². The summed E-state index contributed by atoms with van der Waals surface area (Å²) in [5, 5.41) is 2.02. The third-order valence-electron chi connectivity index (χ3n) is 4.01. The van der Waals surface area contributed by atoms with Crippen LogP contribution in [0.4, 0.5) is 0 Å². The van der Waals surface area contributed by atoms with Crippen LogP contribution in [0.1, 0.15) is 35.9 Å². The Kier molecular flexibility index (Phi) is 2.82. The van der Waals surface area contributed by atoms with E-state index in [2.05, 4.69) is 16.3 Å². The van der Waals surface area contributed by atoms with E-state index in [0.717, 1.165) is 39.6 Å². The third kappa shape index (κ3) is 1.78. The van der Waals surface area contributed by atoms with E-state index >= 15 is 0 Å². The number of aromatic nitrogens is 2. The van der Waals surface area contributed by atoms with E-state index in [9.17, 15) is 4.79 Å². The number of hydrogen-bond donors (Lipinski definition) is 0. The normalized spacial score (nSPS) is 20.1. The monoisotopic (exact) mass is 305 g/mol. The molecule has 0 spiro atoms. The fraction of sp³-hybridized carbons (Fsp3) is 0.429. The summed E-state index contributed by atoms with van der Waals surface area (Å²) in [6.45, 7) is 3.03. The van der Waals surface area contributed by atoms with Crippen LogP contribution in [-0.2, 0) is 0 Å². The Bertz CT molecular complexity index is 785. The van der Waals surface area contributed by atoms with Gasteiger partial charge in [0.15, 0.2) is 4.96 Å². The van der Waals surface area contributed by atoms with Crippen molar-refractivity contribution in [3.8, 4) is 0 Å². The summed E-state index contributed by atoms with van der Waals surface area (Å²) in [6.07, 6.45) is 5.48. The summed E-state index contributed by atoms with van der Waals surface area (Å²) in [7, 11) is 0. The van der Waals surface area contributed by atoms with Gasteiger partial charge in [0.05, 0.1) is 10.4 Å². The predicted molar refractivity (Wildman–Crippen MR) is 82.8 cm³/mol. The molecular weight excluding hydrogens is 290 g/mol. The van der Waals surface area contributed by atoms with E-state index in [1.54, 1.807) is 11.3 Å². The molecule has 4 heterocycles. The van der Waals surface area contributed by atoms with Gasteiger partial charge in [0.1, 0.15) is 4.83 Å². The van der Waals surface area contributed by atoms with Crippen LogP contribution in [-0.4, -0.2) is 32.8 Å². The summed E-state index contributed by atoms with van der Waals surface area (Å²) < 4.78 is 2.06. The van der Waals surface area contributed by atoms with Crippen LogP contribution < -0.4 is 0 Å². The molecule has 1 atom stereocenters. The fourth-order valence-electron chi connectivity index (χ4n) is 2.89. The van der Waals surface area contributed by atoms with Gasteiger partial charge in [-0.1, -0.05) is 0 Å². The Labute approximate surface area is 124 Å². The first kappa shape index (κ1) is 12.3. The Hall–Kier alpha value is -1.40. The number of thiophene rings is 1. The Morgan fingerprint density at radius 2 is 2.35 bits per heavy atom. The number of nitrogens with zero attached hydrogens (tertiary/aromatic N) is 3. The molecular formula is C14H15N3OS2. The molecule has 1 unspecified atom stereocenters. The molecule has 1 aliphatic rings. The van der Waals surface area contributed by atoms with Crippen molar-refractivity contribution in [3.63, 3.8) is 0 Å². The van der Waals surface area contributed by atoms with E-state index in [1.807, 2.05) is 22.5 Å². The second-order valence-corrected chi connectivity index (χ2v) is 7.22. The molecule has 1 saturated heterocycles. The van der Waals surface area contributed by atoms with Gasteiger partial charge in [0.25, 0.3) is 5.91 Å². The molecule has 0 aliphatic carbocycles. The van der Waals surface area contributed by atoms with Crippen molar-refractivity contribution >= 4 is 43.9 Å². The van der Waals surface area contributed by atoms with Crippen LogP contribution in [0.2, 0.25) is 0 Å². The maximum Gasteiger partial charge on any atom is 0.264 e. The molecule has 0 bridgehead atoms. The zero-order valence-corrected chi connectivity index (χ0v) is 12.8. The topological polar surface area (TPSA) is 37.6 Å². The number of carbonyl (C=O) groups excluding carboxylic acids is 1. The van der Waals surface area contributed by atoms with Gasteiger partial charge in [0.2, 0.25) is 0 Å². The minimum Gasteiger partial charge on any atom is -0.335 e. The van der Waals surface area contributed by atoms with Gasteiger partial charge in [-0.15, -0.1) is 22.7 Å². The summed E-state index contributed by atoms with van der Waals surface area (Å²) in [5.41, 5.74) is 1.05. The first-order valence-corrected chi connectivity index (χ1v) is 8.60. The smallest absolute Gasteiger partial charge is 0.264 e. The number of piperidine rings is 1. The second-order valence-electron chi connectivity index (χ2n) is 5.31. The summed E-state index contributed by atoms with van der Waals surface area (Å²) in [4.78, 5) is 22.0. The molecule has 3 aromatic heterocycles. The average molecular weight is 305 g/mol. The summed E-state index contributed by atoms with van der Waals surface area (Å²) in [6, 6.07) is 2.35. The predicted octanol–water partition coefficient (Wildman–Crippen LogP) is 3.63. The molecule has 20 heavy (non-hydrogen) atoms. The van der Waals surface area contributed by atoms with E-state index in [0.29, 0.717) is 6.04 Å². The molecule has 1 fully saturated rings. The number of amides is 1. The van der Waals surface area contributed by atoms with Crippen molar-refractivity contribution in [3.05, 3.63) is 22.5 Å². The number of hydrogen-bond acceptors (Lipinski definition) is 4. The Morgan fingerprint density at radius 3 is 3.20 bits per heavy atom. The summed E-state index contributed by atoms with van der Waals surface area (Å²) in [5.74, 6) is 0.171. The number of fused-ring (bicyclic) bond motifs is 3. The quantitative estimate of drug-likeness (QED) is 0.688. The molecule has 3 aromatic rings. The van der Waals surface area contributed by atoms with Crippen LogP contribution >= 0.6 is 22.7 Å². The molecule has 1 amide bonds. The highest BCUT2D eigenvalue weighted by Gasteiger charge is 2.26. The molecule has 1 aliphatic heterocycles. The molecule has 0 aromatic carbocycles. The molecule has 0 saturated carbocycles. The van der Waals surface area contributed by atoms with E-state index in [-0.39, 0.29) is 5.91 Å². The van der Waals surface area contributed by atoms with Crippen molar-refractivity contribution in [1.29, 1.82) is 0 Å². The molecule has 104 valence electrons. The van der Waals surface area contributed by atoms with Gasteiger partial charge >= 0.3 is 0 Å². The minimum absolute atomic E-state index is 0.171. The average Bonchev–Trinajstić information content (AvgIpc) is 3.09. The first-order chi connectivity index (χ1) is 9.74. The second kappa shape index (κ2) is 4.56. The van der Waals surface area contributed by atoms with Crippen LogP contribution in [0, 0.1) is 0 Å². The lowest BCUT2D eigenvalue weighted by molar-refractivity contribution is 0.0641. The number of imidazole rings is 1. The standard InChI is InChI=1S/C14H15N3OS2/c1-9-4-2-3-5-16(9)13(18)11-8-10-12(20-11)15-14-17(10)6-7-19-14/h6-9H,2-5H2,1H3. The zero-order chi connectivity index (χ0) is 13.7. The highest BCUT2D eigenvalue weighted by molar-refractivity contribution is 7.21. The van der Waals surface area contributed by atoms with Crippen molar-refractivity contribution in [1.82, 2.24) is 14.3 Å². The maximum atomic E-state index is 12.7. The van der Waals surface area contributed by atoms with Crippen molar-refractivity contribution in [2.75, 3.05) is 6.54 Å². The van der Waals surface area contributed by atoms with Crippen LogP contribution in [0.15, 0.2) is 17.6 Å². The Balaban J connectivity index is 1.73. The number of carbonyl (C=O) groups is 1.